The number of likely N-dealkylation sites (N-methyl/N-ethyl adjacent to an activating group) is 1. The van der Waals surface area contributed by atoms with Crippen LogP contribution in [0.15, 0.2) is 108 Å². The van der Waals surface area contributed by atoms with Crippen LogP contribution in [0.4, 0.5) is 0 Å². The number of H-pyrrole nitrogens is 2. The summed E-state index contributed by atoms with van der Waals surface area (Å²) in [7, 11) is 1.88. The molecule has 1 aromatic heterocycles. The van der Waals surface area contributed by atoms with E-state index in [1.807, 2.05) is 90.8 Å². The van der Waals surface area contributed by atoms with E-state index in [2.05, 4.69) is 39.1 Å². The molecule has 0 spiro atoms. The SMILES string of the molecule is CN(C(=O)Cc1ccc2[nH]c(=O)[nH]c2c1)[C@H](CN1CC[C@H](OCc2ccccc2)C1)c1ccc(OCc2ccccc2)cc1. The fourth-order valence-corrected chi connectivity index (χ4v) is 5.77. The molecule has 4 aromatic carbocycles. The van der Waals surface area contributed by atoms with Crippen molar-refractivity contribution in [2.24, 2.45) is 0 Å². The monoisotopic (exact) mass is 590 g/mol. The molecule has 8 nitrogen and oxygen atoms in total. The van der Waals surface area contributed by atoms with Crippen molar-refractivity contribution >= 4 is 16.9 Å². The quantitative estimate of drug-likeness (QED) is 0.201. The fourth-order valence-electron chi connectivity index (χ4n) is 5.77. The van der Waals surface area contributed by atoms with Crippen molar-refractivity contribution in [3.63, 3.8) is 0 Å². The average Bonchev–Trinajstić information content (AvgIpc) is 3.67. The van der Waals surface area contributed by atoms with Gasteiger partial charge in [-0.05, 0) is 52.9 Å². The predicted molar refractivity (Wildman–Crippen MR) is 171 cm³/mol. The van der Waals surface area contributed by atoms with Crippen LogP contribution in [0.3, 0.4) is 0 Å². The first-order valence-electron chi connectivity index (χ1n) is 15.1. The Kier molecular flexibility index (Phi) is 9.20. The summed E-state index contributed by atoms with van der Waals surface area (Å²) in [6, 6.07) is 33.9. The van der Waals surface area contributed by atoms with Crippen LogP contribution in [0, 0.1) is 0 Å². The van der Waals surface area contributed by atoms with Gasteiger partial charge < -0.3 is 24.3 Å². The largest absolute Gasteiger partial charge is 0.489 e. The van der Waals surface area contributed by atoms with Gasteiger partial charge in [0.05, 0.1) is 36.2 Å². The summed E-state index contributed by atoms with van der Waals surface area (Å²) in [4.78, 5) is 35.2. The number of carbonyl (C=O) groups excluding carboxylic acids is 1. The minimum absolute atomic E-state index is 0.00714. The van der Waals surface area contributed by atoms with Crippen molar-refractivity contribution in [2.45, 2.75) is 38.2 Å². The van der Waals surface area contributed by atoms with Crippen LogP contribution in [-0.2, 0) is 29.2 Å². The second kappa shape index (κ2) is 13.8. The molecule has 0 saturated carbocycles. The zero-order chi connectivity index (χ0) is 30.3. The first kappa shape index (κ1) is 29.4. The molecule has 44 heavy (non-hydrogen) atoms. The number of likely N-dealkylation sites (tertiary alicyclic amines) is 1. The molecule has 1 aliphatic heterocycles. The molecule has 8 heteroatoms. The molecule has 0 bridgehead atoms. The van der Waals surface area contributed by atoms with Gasteiger partial charge in [-0.2, -0.15) is 0 Å². The lowest BCUT2D eigenvalue weighted by Crippen LogP contribution is -2.39. The Morgan fingerprint density at radius 1 is 0.864 bits per heavy atom. The molecule has 0 radical (unpaired) electrons. The van der Waals surface area contributed by atoms with E-state index in [0.29, 0.717) is 25.3 Å². The summed E-state index contributed by atoms with van der Waals surface area (Å²) in [5.74, 6) is 0.794. The van der Waals surface area contributed by atoms with E-state index in [0.717, 1.165) is 47.5 Å². The van der Waals surface area contributed by atoms with Gasteiger partial charge in [0.15, 0.2) is 0 Å². The van der Waals surface area contributed by atoms with Gasteiger partial charge in [0.1, 0.15) is 12.4 Å². The number of rotatable bonds is 12. The van der Waals surface area contributed by atoms with Crippen LogP contribution in [0.25, 0.3) is 11.0 Å². The molecule has 2 atom stereocenters. The Balaban J connectivity index is 1.14. The zero-order valence-corrected chi connectivity index (χ0v) is 24.9. The maximum atomic E-state index is 13.7. The molecule has 226 valence electrons. The van der Waals surface area contributed by atoms with Gasteiger partial charge in [0, 0.05) is 26.7 Å². The second-order valence-corrected chi connectivity index (χ2v) is 11.5. The third-order valence-electron chi connectivity index (χ3n) is 8.30. The molecule has 1 aliphatic rings. The van der Waals surface area contributed by atoms with Crippen molar-refractivity contribution < 1.29 is 14.3 Å². The third-order valence-corrected chi connectivity index (χ3v) is 8.30. The van der Waals surface area contributed by atoms with Crippen LogP contribution in [0.5, 0.6) is 5.75 Å². The Hall–Kier alpha value is -4.66. The highest BCUT2D eigenvalue weighted by Crippen LogP contribution is 2.27. The maximum Gasteiger partial charge on any atom is 0.323 e. The summed E-state index contributed by atoms with van der Waals surface area (Å²) in [5, 5.41) is 0. The average molecular weight is 591 g/mol. The number of aromatic nitrogens is 2. The number of hydrogen-bond acceptors (Lipinski definition) is 5. The number of imidazole rings is 1. The topological polar surface area (TPSA) is 90.7 Å². The van der Waals surface area contributed by atoms with Crippen LogP contribution >= 0.6 is 0 Å². The van der Waals surface area contributed by atoms with Crippen molar-refractivity contribution in [1.29, 1.82) is 0 Å². The summed E-state index contributed by atoms with van der Waals surface area (Å²) in [6.07, 6.45) is 1.34. The molecular formula is C36H38N4O4. The number of amides is 1. The molecule has 2 heterocycles. The van der Waals surface area contributed by atoms with E-state index < -0.39 is 0 Å². The molecule has 0 unspecified atom stereocenters. The number of nitrogens with one attached hydrogen (secondary N) is 2. The van der Waals surface area contributed by atoms with Gasteiger partial charge in [-0.1, -0.05) is 78.9 Å². The molecule has 1 fully saturated rings. The van der Waals surface area contributed by atoms with Crippen molar-refractivity contribution in [2.75, 3.05) is 26.7 Å². The lowest BCUT2D eigenvalue weighted by atomic mass is 10.0. The molecule has 2 N–H and O–H groups in total. The van der Waals surface area contributed by atoms with Crippen molar-refractivity contribution in [3.05, 3.63) is 136 Å². The van der Waals surface area contributed by atoms with E-state index in [1.165, 1.54) is 5.56 Å². The lowest BCUT2D eigenvalue weighted by Gasteiger charge is -2.32. The Morgan fingerprint density at radius 2 is 1.55 bits per heavy atom. The van der Waals surface area contributed by atoms with Gasteiger partial charge in [-0.3, -0.25) is 9.69 Å². The second-order valence-electron chi connectivity index (χ2n) is 11.5. The van der Waals surface area contributed by atoms with E-state index in [4.69, 9.17) is 9.47 Å². The van der Waals surface area contributed by atoms with E-state index in [9.17, 15) is 9.59 Å². The summed E-state index contributed by atoms with van der Waals surface area (Å²) in [5.41, 5.74) is 5.35. The summed E-state index contributed by atoms with van der Waals surface area (Å²) < 4.78 is 12.3. The Labute approximate surface area is 257 Å². The molecule has 1 saturated heterocycles. The molecular weight excluding hydrogens is 552 g/mol. The number of fused-ring (bicyclic) bond motifs is 1. The van der Waals surface area contributed by atoms with Crippen LogP contribution in [-0.4, -0.2) is 58.5 Å². The van der Waals surface area contributed by atoms with Gasteiger partial charge >= 0.3 is 5.69 Å². The van der Waals surface area contributed by atoms with Crippen molar-refractivity contribution in [1.82, 2.24) is 19.8 Å². The minimum atomic E-state index is -0.256. The third kappa shape index (κ3) is 7.45. The first-order chi connectivity index (χ1) is 21.5. The normalized spacial score (nSPS) is 15.8. The Bertz CT molecular complexity index is 1720. The highest BCUT2D eigenvalue weighted by molar-refractivity contribution is 5.81. The number of carbonyl (C=O) groups is 1. The summed E-state index contributed by atoms with van der Waals surface area (Å²) in [6.45, 7) is 3.52. The zero-order valence-electron chi connectivity index (χ0n) is 24.9. The van der Waals surface area contributed by atoms with Crippen molar-refractivity contribution in [3.8, 4) is 5.75 Å². The van der Waals surface area contributed by atoms with E-state index in [-0.39, 0.29) is 30.2 Å². The van der Waals surface area contributed by atoms with Crippen LogP contribution in [0.2, 0.25) is 0 Å². The maximum absolute atomic E-state index is 13.7. The predicted octanol–water partition coefficient (Wildman–Crippen LogP) is 5.47. The van der Waals surface area contributed by atoms with Crippen LogP contribution < -0.4 is 10.4 Å². The summed E-state index contributed by atoms with van der Waals surface area (Å²) >= 11 is 0. The number of hydrogen-bond donors (Lipinski definition) is 2. The van der Waals surface area contributed by atoms with E-state index >= 15 is 0 Å². The number of nitrogens with zero attached hydrogens (tertiary/aromatic N) is 2. The first-order valence-corrected chi connectivity index (χ1v) is 15.1. The number of aromatic amines is 2. The Morgan fingerprint density at radius 3 is 2.27 bits per heavy atom. The van der Waals surface area contributed by atoms with Gasteiger partial charge in [0.25, 0.3) is 0 Å². The van der Waals surface area contributed by atoms with Gasteiger partial charge in [-0.15, -0.1) is 0 Å². The van der Waals surface area contributed by atoms with E-state index in [1.54, 1.807) is 0 Å². The fraction of sp³-hybridized carbons (Fsp3) is 0.278. The highest BCUT2D eigenvalue weighted by Gasteiger charge is 2.29. The molecule has 5 aromatic rings. The number of ether oxygens (including phenoxy) is 2. The molecule has 6 rings (SSSR count). The standard InChI is InChI=1S/C36H38N4O4/c1-39(35(41)21-28-12-17-32-33(20-28)38-36(42)37-32)34(23-40-19-18-31(22-40)44-25-27-10-6-3-7-11-27)29-13-15-30(16-14-29)43-24-26-8-4-2-5-9-26/h2-17,20,31,34H,18-19,21-25H2,1H3,(H2,37,38,42)/t31-,34+/m0/s1. The van der Waals surface area contributed by atoms with Crippen LogP contribution in [0.1, 0.15) is 34.7 Å². The smallest absolute Gasteiger partial charge is 0.323 e. The lowest BCUT2D eigenvalue weighted by molar-refractivity contribution is -0.131. The number of benzene rings is 4. The van der Waals surface area contributed by atoms with Gasteiger partial charge in [-0.25, -0.2) is 4.79 Å². The highest BCUT2D eigenvalue weighted by atomic mass is 16.5. The molecule has 0 aliphatic carbocycles. The molecule has 1 amide bonds. The minimum Gasteiger partial charge on any atom is -0.489 e. The van der Waals surface area contributed by atoms with Gasteiger partial charge in [0.2, 0.25) is 5.91 Å².